The minimum absolute atomic E-state index is 0.776. The summed E-state index contributed by atoms with van der Waals surface area (Å²) in [4.78, 5) is 0. The van der Waals surface area contributed by atoms with E-state index in [1.165, 1.54) is 25.7 Å². The van der Waals surface area contributed by atoms with Gasteiger partial charge in [-0.1, -0.05) is 26.7 Å². The minimum atomic E-state index is 0.776. The van der Waals surface area contributed by atoms with Gasteiger partial charge >= 0.3 is 0 Å². The molecule has 2 rings (SSSR count). The van der Waals surface area contributed by atoms with Crippen LogP contribution in [-0.2, 0) is 19.8 Å². The lowest BCUT2D eigenvalue weighted by Gasteiger charge is -2.01. The van der Waals surface area contributed by atoms with Crippen LogP contribution in [0.4, 0.5) is 0 Å². The van der Waals surface area contributed by atoms with Crippen molar-refractivity contribution in [2.75, 3.05) is 0 Å². The van der Waals surface area contributed by atoms with Crippen LogP contribution in [-0.4, -0.2) is 9.13 Å². The molecule has 0 amide bonds. The average molecular weight is 260 g/mol. The highest BCUT2D eigenvalue weighted by Gasteiger charge is 1.99. The molecule has 104 valence electrons. The third-order valence-electron chi connectivity index (χ3n) is 3.18. The molecule has 2 aromatic heterocycles. The predicted molar refractivity (Wildman–Crippen MR) is 72.1 cm³/mol. The Bertz CT molecular complexity index is 440. The van der Waals surface area contributed by atoms with Gasteiger partial charge in [-0.25, -0.2) is 0 Å². The van der Waals surface area contributed by atoms with Crippen molar-refractivity contribution in [1.29, 1.82) is 0 Å². The van der Waals surface area contributed by atoms with Crippen molar-refractivity contribution in [2.24, 2.45) is 0 Å². The van der Waals surface area contributed by atoms with Crippen molar-refractivity contribution in [2.45, 2.75) is 59.3 Å². The Balaban J connectivity index is 1.89. The Labute approximate surface area is 115 Å². The van der Waals surface area contributed by atoms with Crippen LogP contribution in [0, 0.1) is 12.7 Å². The highest BCUT2D eigenvalue weighted by molar-refractivity contribution is 4.66. The first-order chi connectivity index (χ1) is 9.31. The lowest BCUT2D eigenvalue weighted by molar-refractivity contribution is -0.717. The van der Waals surface area contributed by atoms with Gasteiger partial charge in [-0.2, -0.15) is 0 Å². The highest BCUT2D eigenvalue weighted by Crippen LogP contribution is 1.93. The standard InChI is InChI=1S/C15H24N4/c1-3-5-7-16-9-11-18(13-16)15-19-12-10-17(14-19)8-6-4-2/h9-12H,3-8,15H2,1-2H3. The number of aryl methyl sites for hydroxylation is 2. The lowest BCUT2D eigenvalue weighted by Crippen LogP contribution is -2.37. The lowest BCUT2D eigenvalue weighted by atomic mass is 10.3. The van der Waals surface area contributed by atoms with E-state index >= 15 is 0 Å². The third-order valence-corrected chi connectivity index (χ3v) is 3.18. The number of nitrogens with zero attached hydrogens (tertiary/aromatic N) is 4. The number of aromatic nitrogens is 4. The Hall–Kier alpha value is -1.58. The molecule has 0 aliphatic heterocycles. The Morgan fingerprint density at radius 1 is 0.895 bits per heavy atom. The molecule has 0 saturated carbocycles. The van der Waals surface area contributed by atoms with Gasteiger partial charge < -0.3 is 18.3 Å². The minimum Gasteiger partial charge on any atom is -0.351 e. The van der Waals surface area contributed by atoms with E-state index in [1.807, 2.05) is 0 Å². The maximum absolute atomic E-state index is 3.33. The van der Waals surface area contributed by atoms with Crippen LogP contribution in [0.25, 0.3) is 0 Å². The molecule has 0 saturated heterocycles. The summed E-state index contributed by atoms with van der Waals surface area (Å²) in [5.41, 5.74) is 0. The largest absolute Gasteiger partial charge is 0.351 e. The molecule has 0 aromatic carbocycles. The quantitative estimate of drug-likeness (QED) is 0.506. The summed E-state index contributed by atoms with van der Waals surface area (Å²) in [6.45, 7) is 7.30. The number of rotatable bonds is 8. The van der Waals surface area contributed by atoms with Crippen LogP contribution < -0.4 is 9.13 Å². The van der Waals surface area contributed by atoms with Crippen LogP contribution in [0.5, 0.6) is 0 Å². The third kappa shape index (κ3) is 4.23. The fourth-order valence-electron chi connectivity index (χ4n) is 2.01. The summed E-state index contributed by atoms with van der Waals surface area (Å²) < 4.78 is 8.38. The molecule has 0 N–H and O–H groups in total. The fraction of sp³-hybridized carbons (Fsp3) is 0.600. The van der Waals surface area contributed by atoms with Crippen LogP contribution in [0.1, 0.15) is 39.5 Å². The van der Waals surface area contributed by atoms with E-state index in [0.29, 0.717) is 0 Å². The highest BCUT2D eigenvalue weighted by atomic mass is 15.2. The first-order valence-corrected chi connectivity index (χ1v) is 7.27. The number of unbranched alkanes of at least 4 members (excludes halogenated alkanes) is 2. The van der Waals surface area contributed by atoms with Gasteiger partial charge in [0.25, 0.3) is 0 Å². The van der Waals surface area contributed by atoms with Gasteiger partial charge in [-0.3, -0.25) is 0 Å². The summed E-state index contributed by atoms with van der Waals surface area (Å²) in [5.74, 6) is 0. The number of hydrogen-bond acceptors (Lipinski definition) is 0. The van der Waals surface area contributed by atoms with Crippen molar-refractivity contribution in [3.05, 3.63) is 37.4 Å². The van der Waals surface area contributed by atoms with E-state index in [1.54, 1.807) is 0 Å². The van der Waals surface area contributed by atoms with Crippen LogP contribution in [0.15, 0.2) is 24.8 Å². The summed E-state index contributed by atoms with van der Waals surface area (Å²) in [6.07, 6.45) is 19.8. The van der Waals surface area contributed by atoms with Crippen molar-refractivity contribution in [3.63, 3.8) is 0 Å². The first-order valence-electron chi connectivity index (χ1n) is 7.27. The van der Waals surface area contributed by atoms with Gasteiger partial charge in [-0.15, -0.1) is 0 Å². The topological polar surface area (TPSA) is 17.6 Å². The maximum atomic E-state index is 3.33. The van der Waals surface area contributed by atoms with E-state index in [2.05, 4.69) is 69.6 Å². The number of imidazole rings is 2. The van der Waals surface area contributed by atoms with E-state index in [-0.39, 0.29) is 0 Å². The Morgan fingerprint density at radius 3 is 2.37 bits per heavy atom. The van der Waals surface area contributed by atoms with Crippen molar-refractivity contribution >= 4 is 0 Å². The van der Waals surface area contributed by atoms with Gasteiger partial charge in [0.05, 0.1) is 13.1 Å². The molecule has 0 atom stereocenters. The van der Waals surface area contributed by atoms with Crippen molar-refractivity contribution < 1.29 is 9.13 Å². The average Bonchev–Trinajstić information content (AvgIpc) is 3.04. The molecule has 19 heavy (non-hydrogen) atoms. The molecule has 0 spiro atoms. The molecule has 0 bridgehead atoms. The van der Waals surface area contributed by atoms with E-state index < -0.39 is 0 Å². The first kappa shape index (κ1) is 13.8. The molecule has 2 aromatic rings. The van der Waals surface area contributed by atoms with Gasteiger partial charge in [0.1, 0.15) is 0 Å². The van der Waals surface area contributed by atoms with Crippen molar-refractivity contribution in [1.82, 2.24) is 9.13 Å². The summed E-state index contributed by atoms with van der Waals surface area (Å²) in [7, 11) is 0. The van der Waals surface area contributed by atoms with Gasteiger partial charge in [0.15, 0.2) is 6.67 Å². The SMILES string of the molecule is CCCCn1[c-][n+](Cn2[c-][n+](CCCC)cc2)cc1. The molecule has 0 unspecified atom stereocenters. The number of hydrogen-bond donors (Lipinski definition) is 0. The monoisotopic (exact) mass is 260 g/mol. The summed E-state index contributed by atoms with van der Waals surface area (Å²) >= 11 is 0. The summed E-state index contributed by atoms with van der Waals surface area (Å²) in [5, 5.41) is 0. The van der Waals surface area contributed by atoms with Gasteiger partial charge in [0.2, 0.25) is 12.7 Å². The zero-order valence-electron chi connectivity index (χ0n) is 12.0. The molecule has 0 radical (unpaired) electrons. The van der Waals surface area contributed by atoms with Gasteiger partial charge in [-0.05, 0) is 37.6 Å². The van der Waals surface area contributed by atoms with E-state index in [0.717, 1.165) is 19.8 Å². The zero-order chi connectivity index (χ0) is 13.5. The van der Waals surface area contributed by atoms with Crippen LogP contribution in [0.2, 0.25) is 0 Å². The predicted octanol–water partition coefficient (Wildman–Crippen LogP) is 1.57. The van der Waals surface area contributed by atoms with E-state index in [4.69, 9.17) is 0 Å². The Kier molecular flexibility index (Phi) is 5.19. The molecule has 0 aliphatic rings. The molecule has 4 heteroatoms. The smallest absolute Gasteiger partial charge is 0.207 e. The van der Waals surface area contributed by atoms with E-state index in [9.17, 15) is 0 Å². The molecule has 2 heterocycles. The van der Waals surface area contributed by atoms with Crippen LogP contribution in [0.3, 0.4) is 0 Å². The van der Waals surface area contributed by atoms with Crippen molar-refractivity contribution in [3.8, 4) is 0 Å². The van der Waals surface area contributed by atoms with Crippen LogP contribution >= 0.6 is 0 Å². The second kappa shape index (κ2) is 7.12. The normalized spacial score (nSPS) is 11.1. The maximum Gasteiger partial charge on any atom is 0.207 e. The summed E-state index contributed by atoms with van der Waals surface area (Å²) in [6, 6.07) is 0. The Morgan fingerprint density at radius 2 is 1.58 bits per heavy atom. The second-order valence-electron chi connectivity index (χ2n) is 4.97. The second-order valence-corrected chi connectivity index (χ2v) is 4.97. The van der Waals surface area contributed by atoms with Gasteiger partial charge in [0, 0.05) is 0 Å². The molecule has 4 nitrogen and oxygen atoms in total. The zero-order valence-corrected chi connectivity index (χ0v) is 12.0. The fourth-order valence-corrected chi connectivity index (χ4v) is 2.01. The molecule has 0 aliphatic carbocycles. The molecular formula is C15H24N4. The molecular weight excluding hydrogens is 236 g/mol. The molecule has 0 fully saturated rings.